The molecular formula is C27H34F3N5O6. The summed E-state index contributed by atoms with van der Waals surface area (Å²) in [7, 11) is 1.66. The molecule has 0 radical (unpaired) electrons. The molecule has 1 aliphatic rings. The molecule has 1 fully saturated rings. The summed E-state index contributed by atoms with van der Waals surface area (Å²) in [6.07, 6.45) is -4.30. The van der Waals surface area contributed by atoms with Crippen LogP contribution in [0.4, 0.5) is 24.5 Å². The summed E-state index contributed by atoms with van der Waals surface area (Å²) in [5, 5.41) is 22.6. The molecule has 2 aromatic rings. The number of nitrogens with zero attached hydrogens (tertiary/aromatic N) is 3. The second-order valence-electron chi connectivity index (χ2n) is 9.04. The second kappa shape index (κ2) is 16.2. The number of carbonyl (C=O) groups is 3. The van der Waals surface area contributed by atoms with E-state index in [9.17, 15) is 27.9 Å². The van der Waals surface area contributed by atoms with Crippen molar-refractivity contribution in [1.29, 1.82) is 0 Å². The van der Waals surface area contributed by atoms with Crippen molar-refractivity contribution in [3.63, 3.8) is 0 Å². The topological polar surface area (TPSA) is 144 Å². The third kappa shape index (κ3) is 12.3. The van der Waals surface area contributed by atoms with Crippen LogP contribution < -0.4 is 10.6 Å². The van der Waals surface area contributed by atoms with Crippen LogP contribution in [-0.2, 0) is 14.3 Å². The molecule has 0 aromatic heterocycles. The first-order valence-corrected chi connectivity index (χ1v) is 12.7. The van der Waals surface area contributed by atoms with Gasteiger partial charge in [0.2, 0.25) is 5.91 Å². The largest absolute Gasteiger partial charge is 0.490 e. The first-order valence-electron chi connectivity index (χ1n) is 12.7. The molecule has 1 amide bonds. The minimum absolute atomic E-state index is 0.0330. The summed E-state index contributed by atoms with van der Waals surface area (Å²) < 4.78 is 36.9. The van der Waals surface area contributed by atoms with Crippen molar-refractivity contribution in [1.82, 2.24) is 9.80 Å². The van der Waals surface area contributed by atoms with Crippen LogP contribution >= 0.6 is 0 Å². The average Bonchev–Trinajstić information content (AvgIpc) is 2.92. The second-order valence-corrected chi connectivity index (χ2v) is 9.04. The molecule has 3 rings (SSSR count). The van der Waals surface area contributed by atoms with E-state index in [1.165, 1.54) is 0 Å². The van der Waals surface area contributed by atoms with E-state index < -0.39 is 18.1 Å². The molecule has 0 bridgehead atoms. The number of halogens is 3. The Bertz CT molecular complexity index is 1180. The molecule has 41 heavy (non-hydrogen) atoms. The Morgan fingerprint density at radius 1 is 0.976 bits per heavy atom. The molecule has 0 saturated carbocycles. The Labute approximate surface area is 235 Å². The van der Waals surface area contributed by atoms with Gasteiger partial charge in [-0.2, -0.15) is 13.2 Å². The summed E-state index contributed by atoms with van der Waals surface area (Å²) >= 11 is 0. The fraction of sp³-hybridized carbons (Fsp3) is 0.407. The van der Waals surface area contributed by atoms with Gasteiger partial charge in [-0.05, 0) is 43.7 Å². The summed E-state index contributed by atoms with van der Waals surface area (Å²) in [6.45, 7) is 6.39. The van der Waals surface area contributed by atoms with Crippen LogP contribution in [0.2, 0.25) is 0 Å². The normalized spacial score (nSPS) is 14.1. The predicted molar refractivity (Wildman–Crippen MR) is 147 cm³/mol. The van der Waals surface area contributed by atoms with Gasteiger partial charge in [0.25, 0.3) is 0 Å². The first-order chi connectivity index (χ1) is 19.4. The Hall–Kier alpha value is -4.17. The minimum atomic E-state index is -5.08. The van der Waals surface area contributed by atoms with E-state index in [1.807, 2.05) is 37.3 Å². The van der Waals surface area contributed by atoms with Crippen molar-refractivity contribution in [3.05, 3.63) is 59.7 Å². The van der Waals surface area contributed by atoms with Gasteiger partial charge < -0.3 is 30.5 Å². The van der Waals surface area contributed by atoms with E-state index in [-0.39, 0.29) is 11.5 Å². The van der Waals surface area contributed by atoms with E-state index in [0.29, 0.717) is 44.4 Å². The summed E-state index contributed by atoms with van der Waals surface area (Å²) in [6, 6.07) is 14.4. The zero-order valence-corrected chi connectivity index (χ0v) is 22.8. The predicted octanol–water partition coefficient (Wildman–Crippen LogP) is 3.39. The highest BCUT2D eigenvalue weighted by atomic mass is 19.4. The molecule has 0 aliphatic carbocycles. The fourth-order valence-corrected chi connectivity index (χ4v) is 3.63. The number of carbonyl (C=O) groups excluding carboxylic acids is 1. The van der Waals surface area contributed by atoms with E-state index >= 15 is 0 Å². The number of aromatic carboxylic acids is 1. The van der Waals surface area contributed by atoms with Gasteiger partial charge in [-0.25, -0.2) is 9.59 Å². The third-order valence-corrected chi connectivity index (χ3v) is 5.75. The van der Waals surface area contributed by atoms with Crippen molar-refractivity contribution in [3.8, 4) is 0 Å². The Morgan fingerprint density at radius 3 is 2.17 bits per heavy atom. The highest BCUT2D eigenvalue weighted by molar-refractivity contribution is 5.96. The molecule has 2 aromatic carbocycles. The number of nitrogens with one attached hydrogen (secondary N) is 2. The minimum Gasteiger partial charge on any atom is -0.478 e. The number of amides is 1. The molecular weight excluding hydrogens is 547 g/mol. The fourth-order valence-electron chi connectivity index (χ4n) is 3.63. The number of aliphatic carboxylic acids is 1. The molecule has 14 heteroatoms. The van der Waals surface area contributed by atoms with Crippen LogP contribution in [0.3, 0.4) is 0 Å². The summed E-state index contributed by atoms with van der Waals surface area (Å²) in [5.41, 5.74) is 2.84. The van der Waals surface area contributed by atoms with Crippen molar-refractivity contribution >= 4 is 35.2 Å². The van der Waals surface area contributed by atoms with Gasteiger partial charge >= 0.3 is 18.1 Å². The van der Waals surface area contributed by atoms with Gasteiger partial charge in [0.1, 0.15) is 0 Å². The van der Waals surface area contributed by atoms with Crippen LogP contribution in [0.25, 0.3) is 0 Å². The van der Waals surface area contributed by atoms with Gasteiger partial charge in [0, 0.05) is 57.8 Å². The number of aryl methyl sites for hydroxylation is 1. The highest BCUT2D eigenvalue weighted by Crippen LogP contribution is 2.14. The van der Waals surface area contributed by atoms with Crippen molar-refractivity contribution in [2.24, 2.45) is 4.99 Å². The zero-order valence-electron chi connectivity index (χ0n) is 22.8. The lowest BCUT2D eigenvalue weighted by Gasteiger charge is -2.36. The maximum atomic E-state index is 12.4. The highest BCUT2D eigenvalue weighted by Gasteiger charge is 2.38. The lowest BCUT2D eigenvalue weighted by Crippen LogP contribution is -2.52. The monoisotopic (exact) mass is 581 g/mol. The quantitative estimate of drug-likeness (QED) is 0.199. The standard InChI is InChI=1S/C25H33N5O4.C2HF3O2/c1-19-7-9-21(10-8-19)27-23(31)18-29-12-14-30(15-13-29)25(26-11-4-16-34-2)28-22-6-3-5-20(17-22)24(32)33;3-2(4,5)1(6)7/h3,5-10,17H,4,11-16,18H2,1-2H3,(H,26,28)(H,27,31)(H,32,33);(H,6,7). The van der Waals surface area contributed by atoms with Crippen LogP contribution in [0.5, 0.6) is 0 Å². The number of carboxylic acids is 2. The van der Waals surface area contributed by atoms with Gasteiger partial charge in [-0.3, -0.25) is 14.7 Å². The number of ether oxygens (including phenoxy) is 1. The van der Waals surface area contributed by atoms with Gasteiger partial charge in [-0.1, -0.05) is 23.8 Å². The van der Waals surface area contributed by atoms with Gasteiger partial charge in [0.15, 0.2) is 5.96 Å². The van der Waals surface area contributed by atoms with Crippen molar-refractivity contribution < 1.29 is 42.5 Å². The van der Waals surface area contributed by atoms with E-state index in [1.54, 1.807) is 25.3 Å². The van der Waals surface area contributed by atoms with Crippen LogP contribution in [0.1, 0.15) is 22.3 Å². The SMILES string of the molecule is COCCCN=C(Nc1cccc(C(=O)O)c1)N1CCN(CC(=O)Nc2ccc(C)cc2)CC1.O=C(O)C(F)(F)F. The molecule has 1 saturated heterocycles. The lowest BCUT2D eigenvalue weighted by atomic mass is 10.2. The van der Waals surface area contributed by atoms with E-state index in [0.717, 1.165) is 30.8 Å². The number of hydrogen-bond acceptors (Lipinski definition) is 6. The van der Waals surface area contributed by atoms with Gasteiger partial charge in [0.05, 0.1) is 12.1 Å². The summed E-state index contributed by atoms with van der Waals surface area (Å²) in [5.74, 6) is -3.07. The number of hydrogen-bond donors (Lipinski definition) is 4. The van der Waals surface area contributed by atoms with E-state index in [2.05, 4.69) is 20.4 Å². The third-order valence-electron chi connectivity index (χ3n) is 5.75. The first kappa shape index (κ1) is 33.0. The molecule has 0 unspecified atom stereocenters. The number of anilines is 2. The number of benzene rings is 2. The maximum Gasteiger partial charge on any atom is 0.490 e. The van der Waals surface area contributed by atoms with Crippen molar-refractivity contribution in [2.75, 3.05) is 63.6 Å². The number of guanidine groups is 1. The molecule has 0 spiro atoms. The number of carboxylic acid groups (broad SMARTS) is 2. The number of piperazine rings is 1. The van der Waals surface area contributed by atoms with Crippen LogP contribution in [-0.4, -0.2) is 103 Å². The van der Waals surface area contributed by atoms with Crippen LogP contribution in [0, 0.1) is 6.92 Å². The maximum absolute atomic E-state index is 12.4. The number of aliphatic imine (C=N–C) groups is 1. The number of alkyl halides is 3. The lowest BCUT2D eigenvalue weighted by molar-refractivity contribution is -0.192. The summed E-state index contributed by atoms with van der Waals surface area (Å²) in [4.78, 5) is 41.6. The molecule has 11 nitrogen and oxygen atoms in total. The molecule has 1 heterocycles. The molecule has 224 valence electrons. The zero-order chi connectivity index (χ0) is 30.4. The van der Waals surface area contributed by atoms with E-state index in [4.69, 9.17) is 19.6 Å². The Kier molecular flexibility index (Phi) is 13.0. The molecule has 4 N–H and O–H groups in total. The average molecular weight is 582 g/mol. The molecule has 0 atom stereocenters. The number of rotatable bonds is 9. The van der Waals surface area contributed by atoms with Crippen molar-refractivity contribution in [2.45, 2.75) is 19.5 Å². The Morgan fingerprint density at radius 2 is 1.61 bits per heavy atom. The van der Waals surface area contributed by atoms with Gasteiger partial charge in [-0.15, -0.1) is 0 Å². The number of methoxy groups -OCH3 is 1. The van der Waals surface area contributed by atoms with Crippen LogP contribution in [0.15, 0.2) is 53.5 Å². The molecule has 1 aliphatic heterocycles. The Balaban J connectivity index is 0.000000745. The smallest absolute Gasteiger partial charge is 0.478 e.